The third kappa shape index (κ3) is 4.66. The number of aromatic nitrogens is 2. The van der Waals surface area contributed by atoms with E-state index in [9.17, 15) is 9.59 Å². The lowest BCUT2D eigenvalue weighted by Crippen LogP contribution is -2.42. The van der Waals surface area contributed by atoms with Gasteiger partial charge in [-0.2, -0.15) is 0 Å². The number of nitrogens with zero attached hydrogens (tertiary/aromatic N) is 3. The Bertz CT molecular complexity index is 739. The van der Waals surface area contributed by atoms with E-state index in [0.717, 1.165) is 17.4 Å². The number of rotatable bonds is 6. The molecule has 1 fully saturated rings. The van der Waals surface area contributed by atoms with Crippen LogP contribution in [-0.2, 0) is 16.1 Å². The topological polar surface area (TPSA) is 67.2 Å². The summed E-state index contributed by atoms with van der Waals surface area (Å²) in [6, 6.07) is 9.49. The van der Waals surface area contributed by atoms with Crippen molar-refractivity contribution in [2.45, 2.75) is 31.5 Å². The molecule has 0 spiro atoms. The van der Waals surface area contributed by atoms with Gasteiger partial charge < -0.3 is 14.8 Å². The number of imidazole rings is 1. The Morgan fingerprint density at radius 2 is 1.96 bits per heavy atom. The molecule has 0 bridgehead atoms. The minimum Gasteiger partial charge on any atom is -0.342 e. The van der Waals surface area contributed by atoms with Gasteiger partial charge >= 0.3 is 0 Å². The number of para-hydroxylation sites is 1. The van der Waals surface area contributed by atoms with Gasteiger partial charge in [0.1, 0.15) is 0 Å². The monoisotopic (exact) mass is 372 g/mol. The van der Waals surface area contributed by atoms with Crippen molar-refractivity contribution < 1.29 is 9.59 Å². The smallest absolute Gasteiger partial charge is 0.233 e. The van der Waals surface area contributed by atoms with Gasteiger partial charge in [-0.25, -0.2) is 4.98 Å². The summed E-state index contributed by atoms with van der Waals surface area (Å²) in [6.45, 7) is 4.17. The van der Waals surface area contributed by atoms with Crippen LogP contribution in [0.25, 0.3) is 0 Å². The molecule has 1 N–H and O–H groups in total. The van der Waals surface area contributed by atoms with Gasteiger partial charge in [0.25, 0.3) is 0 Å². The molecule has 2 heterocycles. The predicted molar refractivity (Wildman–Crippen MR) is 103 cm³/mol. The molecule has 2 amide bonds. The Morgan fingerprint density at radius 1 is 1.23 bits per heavy atom. The van der Waals surface area contributed by atoms with Crippen molar-refractivity contribution >= 4 is 29.3 Å². The van der Waals surface area contributed by atoms with Crippen molar-refractivity contribution in [3.05, 3.63) is 42.7 Å². The molecule has 2 aromatic rings. The summed E-state index contributed by atoms with van der Waals surface area (Å²) < 4.78 is 2.03. The standard InChI is InChI=1S/C19H24N4O2S/c1-2-22-13-10-20-19(22)26-14-17(24)23-11-8-15(9-12-23)18(25)21-16-6-4-3-5-7-16/h3-7,10,13,15H,2,8-9,11-12,14H2,1H3,(H,21,25). The lowest BCUT2D eigenvalue weighted by atomic mass is 9.96. The molecule has 7 heteroatoms. The molecular weight excluding hydrogens is 348 g/mol. The minimum atomic E-state index is -0.0362. The van der Waals surface area contributed by atoms with Crippen molar-refractivity contribution in [1.29, 1.82) is 0 Å². The summed E-state index contributed by atoms with van der Waals surface area (Å²) in [5.74, 6) is 0.508. The van der Waals surface area contributed by atoms with Crippen LogP contribution in [0.3, 0.4) is 0 Å². The van der Waals surface area contributed by atoms with Crippen molar-refractivity contribution in [1.82, 2.24) is 14.5 Å². The second-order valence-electron chi connectivity index (χ2n) is 6.29. The lowest BCUT2D eigenvalue weighted by molar-refractivity contribution is -0.132. The zero-order valence-electron chi connectivity index (χ0n) is 14.9. The number of hydrogen-bond donors (Lipinski definition) is 1. The summed E-state index contributed by atoms with van der Waals surface area (Å²) in [6.07, 6.45) is 5.09. The summed E-state index contributed by atoms with van der Waals surface area (Å²) in [5.41, 5.74) is 0.818. The fourth-order valence-electron chi connectivity index (χ4n) is 3.05. The first kappa shape index (κ1) is 18.5. The zero-order valence-corrected chi connectivity index (χ0v) is 15.7. The molecule has 3 rings (SSSR count). The van der Waals surface area contributed by atoms with Gasteiger partial charge in [-0.15, -0.1) is 0 Å². The van der Waals surface area contributed by atoms with Gasteiger partial charge in [0.15, 0.2) is 5.16 Å². The van der Waals surface area contributed by atoms with E-state index >= 15 is 0 Å². The number of thioether (sulfide) groups is 1. The maximum Gasteiger partial charge on any atom is 0.233 e. The van der Waals surface area contributed by atoms with Gasteiger partial charge in [0.05, 0.1) is 5.75 Å². The maximum atomic E-state index is 12.4. The van der Waals surface area contributed by atoms with E-state index in [4.69, 9.17) is 0 Å². The molecule has 1 saturated heterocycles. The molecule has 1 aromatic heterocycles. The van der Waals surface area contributed by atoms with Crippen LogP contribution in [0.2, 0.25) is 0 Å². The van der Waals surface area contributed by atoms with Crippen LogP contribution in [-0.4, -0.2) is 45.1 Å². The molecule has 0 atom stereocenters. The predicted octanol–water partition coefficient (Wildman–Crippen LogP) is 2.87. The Labute approximate surface area is 158 Å². The SMILES string of the molecule is CCn1ccnc1SCC(=O)N1CCC(C(=O)Nc2ccccc2)CC1. The Balaban J connectivity index is 1.44. The van der Waals surface area contributed by atoms with Crippen LogP contribution in [0.1, 0.15) is 19.8 Å². The molecule has 26 heavy (non-hydrogen) atoms. The first-order chi connectivity index (χ1) is 12.7. The molecule has 1 aromatic carbocycles. The van der Waals surface area contributed by atoms with Crippen LogP contribution in [0.4, 0.5) is 5.69 Å². The van der Waals surface area contributed by atoms with Crippen LogP contribution in [0.5, 0.6) is 0 Å². The highest BCUT2D eigenvalue weighted by molar-refractivity contribution is 7.99. The van der Waals surface area contributed by atoms with Crippen molar-refractivity contribution in [3.63, 3.8) is 0 Å². The Morgan fingerprint density at radius 3 is 2.65 bits per heavy atom. The number of piperidine rings is 1. The molecule has 1 aliphatic rings. The van der Waals surface area contributed by atoms with E-state index in [0.29, 0.717) is 31.7 Å². The number of aryl methyl sites for hydroxylation is 1. The summed E-state index contributed by atoms with van der Waals surface area (Å²) in [4.78, 5) is 30.9. The number of amides is 2. The molecule has 138 valence electrons. The third-order valence-electron chi connectivity index (χ3n) is 4.60. The van der Waals surface area contributed by atoms with Crippen LogP contribution in [0.15, 0.2) is 47.9 Å². The summed E-state index contributed by atoms with van der Waals surface area (Å²) >= 11 is 1.47. The number of nitrogens with one attached hydrogen (secondary N) is 1. The first-order valence-corrected chi connectivity index (χ1v) is 9.93. The van der Waals surface area contributed by atoms with E-state index in [1.165, 1.54) is 11.8 Å². The minimum absolute atomic E-state index is 0.0362. The fraction of sp³-hybridized carbons (Fsp3) is 0.421. The average Bonchev–Trinajstić information content (AvgIpc) is 3.14. The van der Waals surface area contributed by atoms with Gasteiger partial charge in [-0.3, -0.25) is 9.59 Å². The molecule has 0 aliphatic carbocycles. The number of likely N-dealkylation sites (tertiary alicyclic amines) is 1. The number of benzene rings is 1. The van der Waals surface area contributed by atoms with Crippen LogP contribution in [0, 0.1) is 5.92 Å². The number of anilines is 1. The maximum absolute atomic E-state index is 12.4. The van der Waals surface area contributed by atoms with E-state index in [1.807, 2.05) is 46.0 Å². The van der Waals surface area contributed by atoms with Crippen molar-refractivity contribution in [2.75, 3.05) is 24.2 Å². The second-order valence-corrected chi connectivity index (χ2v) is 7.24. The zero-order chi connectivity index (χ0) is 18.4. The largest absolute Gasteiger partial charge is 0.342 e. The fourth-order valence-corrected chi connectivity index (χ4v) is 3.98. The van der Waals surface area contributed by atoms with Gasteiger partial charge in [0, 0.05) is 43.6 Å². The number of carbonyl (C=O) groups excluding carboxylic acids is 2. The summed E-state index contributed by atoms with van der Waals surface area (Å²) in [5, 5.41) is 3.83. The first-order valence-electron chi connectivity index (χ1n) is 8.95. The average molecular weight is 372 g/mol. The molecule has 0 unspecified atom stereocenters. The van der Waals surface area contributed by atoms with E-state index in [2.05, 4.69) is 17.2 Å². The normalized spacial score (nSPS) is 15.0. The van der Waals surface area contributed by atoms with E-state index in [-0.39, 0.29) is 17.7 Å². The quantitative estimate of drug-likeness (QED) is 0.792. The molecule has 0 radical (unpaired) electrons. The van der Waals surface area contributed by atoms with Gasteiger partial charge in [0.2, 0.25) is 11.8 Å². The number of hydrogen-bond acceptors (Lipinski definition) is 4. The highest BCUT2D eigenvalue weighted by atomic mass is 32.2. The highest BCUT2D eigenvalue weighted by Gasteiger charge is 2.27. The van der Waals surface area contributed by atoms with E-state index in [1.54, 1.807) is 6.20 Å². The lowest BCUT2D eigenvalue weighted by Gasteiger charge is -2.31. The Kier molecular flexibility index (Phi) is 6.33. The molecular formula is C19H24N4O2S. The third-order valence-corrected chi connectivity index (χ3v) is 5.59. The highest BCUT2D eigenvalue weighted by Crippen LogP contribution is 2.22. The summed E-state index contributed by atoms with van der Waals surface area (Å²) in [7, 11) is 0. The van der Waals surface area contributed by atoms with Gasteiger partial charge in [-0.05, 0) is 31.9 Å². The second kappa shape index (κ2) is 8.89. The molecule has 0 saturated carbocycles. The van der Waals surface area contributed by atoms with Crippen molar-refractivity contribution in [3.8, 4) is 0 Å². The Hall–Kier alpha value is -2.28. The van der Waals surface area contributed by atoms with E-state index < -0.39 is 0 Å². The molecule has 1 aliphatic heterocycles. The van der Waals surface area contributed by atoms with Gasteiger partial charge in [-0.1, -0.05) is 30.0 Å². The molecule has 6 nitrogen and oxygen atoms in total. The van der Waals surface area contributed by atoms with Crippen LogP contribution >= 0.6 is 11.8 Å². The number of carbonyl (C=O) groups is 2. The van der Waals surface area contributed by atoms with Crippen molar-refractivity contribution in [2.24, 2.45) is 5.92 Å². The van der Waals surface area contributed by atoms with Crippen LogP contribution < -0.4 is 5.32 Å².